The van der Waals surface area contributed by atoms with Gasteiger partial charge in [-0.25, -0.2) is 9.78 Å². The van der Waals surface area contributed by atoms with Crippen LogP contribution in [-0.4, -0.2) is 42.2 Å². The molecule has 0 atom stereocenters. The molecule has 21 heavy (non-hydrogen) atoms. The highest BCUT2D eigenvalue weighted by Crippen LogP contribution is 2.43. The molecule has 1 saturated carbocycles. The Hall–Kier alpha value is -1.95. The molecular weight excluding hydrogens is 272 g/mol. The van der Waals surface area contributed by atoms with Gasteiger partial charge in [-0.05, 0) is 36.8 Å². The van der Waals surface area contributed by atoms with Crippen LogP contribution < -0.4 is 5.32 Å². The van der Waals surface area contributed by atoms with Crippen molar-refractivity contribution in [3.05, 3.63) is 29.6 Å². The number of aromatic nitrogens is 1. The first-order valence-corrected chi connectivity index (χ1v) is 7.03. The molecule has 0 aromatic carbocycles. The topological polar surface area (TPSA) is 88.5 Å². The van der Waals surface area contributed by atoms with Crippen molar-refractivity contribution in [3.63, 3.8) is 0 Å². The lowest BCUT2D eigenvalue weighted by molar-refractivity contribution is 0.0631. The van der Waals surface area contributed by atoms with Gasteiger partial charge in [-0.2, -0.15) is 0 Å². The standard InChI is InChI=1S/C15H20N2O4/c1-21-8-6-15(4-2-5-15)10-17-13(18)11-3-7-16-12(9-11)14(19)20/h3,7,9H,2,4-6,8,10H2,1H3,(H,17,18)(H,19,20). The van der Waals surface area contributed by atoms with Gasteiger partial charge < -0.3 is 15.2 Å². The number of aromatic carboxylic acids is 1. The summed E-state index contributed by atoms with van der Waals surface area (Å²) in [5.41, 5.74) is 0.331. The maximum Gasteiger partial charge on any atom is 0.354 e. The van der Waals surface area contributed by atoms with Gasteiger partial charge in [0.25, 0.3) is 5.91 Å². The lowest BCUT2D eigenvalue weighted by Gasteiger charge is -2.42. The molecule has 114 valence electrons. The SMILES string of the molecule is COCCC1(CNC(=O)c2ccnc(C(=O)O)c2)CCC1. The zero-order valence-corrected chi connectivity index (χ0v) is 12.1. The van der Waals surface area contributed by atoms with Crippen molar-refractivity contribution < 1.29 is 19.4 Å². The number of hydrogen-bond acceptors (Lipinski definition) is 4. The lowest BCUT2D eigenvalue weighted by Crippen LogP contribution is -2.42. The molecule has 2 rings (SSSR count). The first-order chi connectivity index (χ1) is 10.1. The molecule has 1 fully saturated rings. The smallest absolute Gasteiger partial charge is 0.354 e. The van der Waals surface area contributed by atoms with E-state index in [1.807, 2.05) is 0 Å². The Morgan fingerprint density at radius 3 is 2.81 bits per heavy atom. The van der Waals surface area contributed by atoms with E-state index in [-0.39, 0.29) is 17.0 Å². The Morgan fingerprint density at radius 2 is 2.24 bits per heavy atom. The van der Waals surface area contributed by atoms with Crippen LogP contribution in [0.2, 0.25) is 0 Å². The summed E-state index contributed by atoms with van der Waals surface area (Å²) >= 11 is 0. The highest BCUT2D eigenvalue weighted by molar-refractivity contribution is 5.96. The van der Waals surface area contributed by atoms with E-state index in [4.69, 9.17) is 9.84 Å². The number of amides is 1. The summed E-state index contributed by atoms with van der Waals surface area (Å²) in [6, 6.07) is 2.81. The number of carboxylic acids is 1. The van der Waals surface area contributed by atoms with E-state index in [0.717, 1.165) is 19.3 Å². The summed E-state index contributed by atoms with van der Waals surface area (Å²) in [5, 5.41) is 11.8. The molecule has 6 heteroatoms. The molecule has 2 N–H and O–H groups in total. The van der Waals surface area contributed by atoms with Crippen LogP contribution in [0.5, 0.6) is 0 Å². The Bertz CT molecular complexity index is 526. The summed E-state index contributed by atoms with van der Waals surface area (Å²) in [6.07, 6.45) is 5.63. The third-order valence-corrected chi connectivity index (χ3v) is 4.12. The molecule has 1 heterocycles. The van der Waals surface area contributed by atoms with Crippen molar-refractivity contribution in [1.29, 1.82) is 0 Å². The zero-order chi connectivity index (χ0) is 15.3. The third-order valence-electron chi connectivity index (χ3n) is 4.12. The quantitative estimate of drug-likeness (QED) is 0.798. The molecule has 1 aromatic rings. The van der Waals surface area contributed by atoms with Gasteiger partial charge in [0.2, 0.25) is 0 Å². The van der Waals surface area contributed by atoms with Gasteiger partial charge in [0.1, 0.15) is 5.69 Å². The van der Waals surface area contributed by atoms with Crippen LogP contribution in [-0.2, 0) is 4.74 Å². The number of carbonyl (C=O) groups excluding carboxylic acids is 1. The first kappa shape index (κ1) is 15.4. The Morgan fingerprint density at radius 1 is 1.48 bits per heavy atom. The van der Waals surface area contributed by atoms with Gasteiger partial charge in [-0.1, -0.05) is 6.42 Å². The van der Waals surface area contributed by atoms with Crippen LogP contribution in [0.15, 0.2) is 18.3 Å². The van der Waals surface area contributed by atoms with Crippen molar-refractivity contribution >= 4 is 11.9 Å². The largest absolute Gasteiger partial charge is 0.477 e. The van der Waals surface area contributed by atoms with Crippen molar-refractivity contribution in [2.45, 2.75) is 25.7 Å². The van der Waals surface area contributed by atoms with Crippen LogP contribution in [0.3, 0.4) is 0 Å². The fourth-order valence-electron chi connectivity index (χ4n) is 2.57. The van der Waals surface area contributed by atoms with Crippen molar-refractivity contribution in [2.24, 2.45) is 5.41 Å². The zero-order valence-electron chi connectivity index (χ0n) is 12.1. The van der Waals surface area contributed by atoms with E-state index >= 15 is 0 Å². The maximum atomic E-state index is 12.1. The minimum absolute atomic E-state index is 0.125. The van der Waals surface area contributed by atoms with Gasteiger partial charge in [-0.15, -0.1) is 0 Å². The summed E-state index contributed by atoms with van der Waals surface area (Å²) < 4.78 is 5.12. The van der Waals surface area contributed by atoms with E-state index < -0.39 is 5.97 Å². The molecule has 6 nitrogen and oxygen atoms in total. The number of pyridine rings is 1. The second-order valence-electron chi connectivity index (χ2n) is 5.51. The Kier molecular flexibility index (Phi) is 4.90. The van der Waals surface area contributed by atoms with Crippen LogP contribution >= 0.6 is 0 Å². The second-order valence-corrected chi connectivity index (χ2v) is 5.51. The predicted molar refractivity (Wildman–Crippen MR) is 76.3 cm³/mol. The molecule has 0 spiro atoms. The van der Waals surface area contributed by atoms with E-state index in [2.05, 4.69) is 10.3 Å². The normalized spacial score (nSPS) is 16.0. The van der Waals surface area contributed by atoms with E-state index in [9.17, 15) is 9.59 Å². The average molecular weight is 292 g/mol. The fraction of sp³-hybridized carbons (Fsp3) is 0.533. The monoisotopic (exact) mass is 292 g/mol. The first-order valence-electron chi connectivity index (χ1n) is 7.03. The van der Waals surface area contributed by atoms with Crippen LogP contribution in [0.4, 0.5) is 0 Å². The highest BCUT2D eigenvalue weighted by atomic mass is 16.5. The van der Waals surface area contributed by atoms with Crippen LogP contribution in [0.25, 0.3) is 0 Å². The van der Waals surface area contributed by atoms with Crippen molar-refractivity contribution in [3.8, 4) is 0 Å². The van der Waals surface area contributed by atoms with E-state index in [0.29, 0.717) is 18.7 Å². The summed E-state index contributed by atoms with van der Waals surface area (Å²) in [6.45, 7) is 1.29. The van der Waals surface area contributed by atoms with Crippen molar-refractivity contribution in [1.82, 2.24) is 10.3 Å². The number of ether oxygens (including phenoxy) is 1. The van der Waals surface area contributed by atoms with Gasteiger partial charge in [-0.3, -0.25) is 4.79 Å². The number of hydrogen-bond donors (Lipinski definition) is 2. The third kappa shape index (κ3) is 3.78. The molecule has 1 aliphatic carbocycles. The van der Waals surface area contributed by atoms with E-state index in [1.54, 1.807) is 7.11 Å². The number of nitrogens with zero attached hydrogens (tertiary/aromatic N) is 1. The average Bonchev–Trinajstić information content (AvgIpc) is 2.45. The number of carbonyl (C=O) groups is 2. The minimum Gasteiger partial charge on any atom is -0.477 e. The lowest BCUT2D eigenvalue weighted by atomic mass is 9.66. The van der Waals surface area contributed by atoms with Crippen molar-refractivity contribution in [2.75, 3.05) is 20.3 Å². The maximum absolute atomic E-state index is 12.1. The van der Waals surface area contributed by atoms with Gasteiger partial charge in [0.05, 0.1) is 0 Å². The fourth-order valence-corrected chi connectivity index (χ4v) is 2.57. The van der Waals surface area contributed by atoms with Crippen LogP contribution in [0, 0.1) is 5.41 Å². The molecule has 0 aliphatic heterocycles. The minimum atomic E-state index is -1.14. The molecule has 1 aromatic heterocycles. The highest BCUT2D eigenvalue weighted by Gasteiger charge is 2.36. The Labute approximate surface area is 123 Å². The molecule has 0 unspecified atom stereocenters. The number of carboxylic acid groups (broad SMARTS) is 1. The van der Waals surface area contributed by atoms with Gasteiger partial charge in [0, 0.05) is 32.0 Å². The summed E-state index contributed by atoms with van der Waals surface area (Å²) in [7, 11) is 1.68. The molecule has 0 bridgehead atoms. The van der Waals surface area contributed by atoms with E-state index in [1.165, 1.54) is 24.8 Å². The van der Waals surface area contributed by atoms with Gasteiger partial charge >= 0.3 is 5.97 Å². The number of nitrogens with one attached hydrogen (secondary N) is 1. The molecule has 0 radical (unpaired) electrons. The molecule has 0 saturated heterocycles. The molecule has 1 aliphatic rings. The Balaban J connectivity index is 1.95. The summed E-state index contributed by atoms with van der Waals surface area (Å²) in [5.74, 6) is -1.40. The number of methoxy groups -OCH3 is 1. The molecule has 1 amide bonds. The molecular formula is C15H20N2O4. The van der Waals surface area contributed by atoms with Gasteiger partial charge in [0.15, 0.2) is 0 Å². The number of rotatable bonds is 7. The predicted octanol–water partition coefficient (Wildman–Crippen LogP) is 1.72. The summed E-state index contributed by atoms with van der Waals surface area (Å²) in [4.78, 5) is 26.7. The second kappa shape index (κ2) is 6.67. The van der Waals surface area contributed by atoms with Crippen LogP contribution in [0.1, 0.15) is 46.5 Å².